The summed E-state index contributed by atoms with van der Waals surface area (Å²) >= 11 is 0. The van der Waals surface area contributed by atoms with Crippen LogP contribution in [0.1, 0.15) is 196 Å². The van der Waals surface area contributed by atoms with Gasteiger partial charge in [-0.25, -0.2) is 0 Å². The predicted octanol–water partition coefficient (Wildman–Crippen LogP) is 19.0. The van der Waals surface area contributed by atoms with E-state index in [0.29, 0.717) is 52.9 Å². The minimum absolute atomic E-state index is 0.684. The lowest BCUT2D eigenvalue weighted by Crippen LogP contribution is -2.09. The SMILES string of the molecule is CCCOc1c2cccc1Cc1ccc3c(c1OCCC)Cc1c-3ccc(c1OCCC)Cc1cccc(c1OCCC)C2.CCCOc1c2cccc1Cc1ccc3c(c1OCCC)Cc1c-3ccc(c1OCCC)Cc1cccc(c1OCCC)C2. The second kappa shape index (κ2) is 29.4. The monoisotopic (exact) mass is 1180 g/mol. The molecule has 0 N–H and O–H groups in total. The fourth-order valence-electron chi connectivity index (χ4n) is 13.3. The summed E-state index contributed by atoms with van der Waals surface area (Å²) in [5, 5.41) is 0. The zero-order chi connectivity index (χ0) is 60.9. The molecule has 460 valence electrons. The van der Waals surface area contributed by atoms with Gasteiger partial charge in [0.25, 0.3) is 0 Å². The highest BCUT2D eigenvalue weighted by atomic mass is 16.5. The van der Waals surface area contributed by atoms with Crippen LogP contribution in [0, 0.1) is 0 Å². The highest BCUT2D eigenvalue weighted by Crippen LogP contribution is 2.51. The molecule has 12 rings (SSSR count). The van der Waals surface area contributed by atoms with Crippen molar-refractivity contribution in [3.63, 3.8) is 0 Å². The molecule has 0 aromatic heterocycles. The van der Waals surface area contributed by atoms with Crippen molar-refractivity contribution in [3.05, 3.63) is 210 Å². The molecule has 8 aromatic carbocycles. The summed E-state index contributed by atoms with van der Waals surface area (Å²) < 4.78 is 52.6. The van der Waals surface area contributed by atoms with E-state index in [-0.39, 0.29) is 0 Å². The molecule has 0 atom stereocenters. The Balaban J connectivity index is 0.000000182. The normalized spacial score (nSPS) is 12.9. The Kier molecular flexibility index (Phi) is 20.7. The van der Waals surface area contributed by atoms with E-state index < -0.39 is 0 Å². The average molecular weight is 1180 g/mol. The van der Waals surface area contributed by atoms with Gasteiger partial charge in [-0.1, -0.05) is 177 Å². The summed E-state index contributed by atoms with van der Waals surface area (Å²) in [7, 11) is 0. The molecule has 0 saturated carbocycles. The van der Waals surface area contributed by atoms with Crippen molar-refractivity contribution in [1.82, 2.24) is 0 Å². The van der Waals surface area contributed by atoms with Crippen molar-refractivity contribution in [2.45, 2.75) is 158 Å². The van der Waals surface area contributed by atoms with Crippen molar-refractivity contribution in [2.75, 3.05) is 52.9 Å². The minimum atomic E-state index is 0.684. The summed E-state index contributed by atoms with van der Waals surface area (Å²) in [6.07, 6.45) is 13.8. The van der Waals surface area contributed by atoms with Gasteiger partial charge in [0.05, 0.1) is 52.9 Å². The van der Waals surface area contributed by atoms with Crippen LogP contribution in [-0.4, -0.2) is 52.9 Å². The Morgan fingerprint density at radius 1 is 0.193 bits per heavy atom. The minimum Gasteiger partial charge on any atom is -0.493 e. The van der Waals surface area contributed by atoms with Gasteiger partial charge < -0.3 is 37.9 Å². The third kappa shape index (κ3) is 13.1. The van der Waals surface area contributed by atoms with Gasteiger partial charge in [-0.3, -0.25) is 0 Å². The summed E-state index contributed by atoms with van der Waals surface area (Å²) in [5.74, 6) is 8.11. The molecule has 0 saturated heterocycles. The number of hydrogen-bond donors (Lipinski definition) is 0. The Hall–Kier alpha value is -7.84. The zero-order valence-electron chi connectivity index (χ0n) is 53.8. The van der Waals surface area contributed by atoms with Crippen LogP contribution in [0.3, 0.4) is 0 Å². The first-order valence-electron chi connectivity index (χ1n) is 33.4. The molecule has 88 heavy (non-hydrogen) atoms. The molecule has 0 spiro atoms. The van der Waals surface area contributed by atoms with Crippen LogP contribution in [0.4, 0.5) is 0 Å². The van der Waals surface area contributed by atoms with Gasteiger partial charge in [-0.2, -0.15) is 0 Å². The topological polar surface area (TPSA) is 73.8 Å². The van der Waals surface area contributed by atoms with Gasteiger partial charge >= 0.3 is 0 Å². The molecular weight excluding hydrogens is 1090 g/mol. The molecule has 4 aliphatic rings. The quantitative estimate of drug-likeness (QED) is 0.0592. The lowest BCUT2D eigenvalue weighted by atomic mass is 9.93. The highest BCUT2D eigenvalue weighted by molar-refractivity contribution is 5.84. The molecule has 0 fully saturated rings. The number of fused-ring (bicyclic) bond motifs is 14. The molecule has 8 nitrogen and oxygen atoms in total. The smallest absolute Gasteiger partial charge is 0.126 e. The fourth-order valence-corrected chi connectivity index (χ4v) is 13.3. The van der Waals surface area contributed by atoms with Gasteiger partial charge in [-0.05, 0) is 140 Å². The van der Waals surface area contributed by atoms with Crippen LogP contribution in [0.5, 0.6) is 46.0 Å². The fraction of sp³-hybridized carbons (Fsp3) is 0.400. The second-order valence-corrected chi connectivity index (χ2v) is 24.1. The van der Waals surface area contributed by atoms with E-state index in [1.54, 1.807) is 0 Å². The molecule has 8 aromatic rings. The summed E-state index contributed by atoms with van der Waals surface area (Å²) in [4.78, 5) is 0. The van der Waals surface area contributed by atoms with Gasteiger partial charge in [-0.15, -0.1) is 0 Å². The third-order valence-corrected chi connectivity index (χ3v) is 17.3. The molecule has 8 heteroatoms. The highest BCUT2D eigenvalue weighted by Gasteiger charge is 2.32. The maximum absolute atomic E-state index is 6.61. The first-order chi connectivity index (χ1) is 43.3. The van der Waals surface area contributed by atoms with Crippen molar-refractivity contribution >= 4 is 0 Å². The van der Waals surface area contributed by atoms with Crippen LogP contribution in [0.25, 0.3) is 22.3 Å². The van der Waals surface area contributed by atoms with E-state index in [1.165, 1.54) is 111 Å². The van der Waals surface area contributed by atoms with Crippen molar-refractivity contribution < 1.29 is 37.9 Å². The summed E-state index contributed by atoms with van der Waals surface area (Å²) in [6.45, 7) is 22.9. The molecule has 0 heterocycles. The molecule has 0 amide bonds. The van der Waals surface area contributed by atoms with Crippen LogP contribution in [-0.2, 0) is 51.4 Å². The van der Waals surface area contributed by atoms with Crippen molar-refractivity contribution in [3.8, 4) is 68.2 Å². The van der Waals surface area contributed by atoms with E-state index in [9.17, 15) is 0 Å². The lowest BCUT2D eigenvalue weighted by Gasteiger charge is -2.21. The van der Waals surface area contributed by atoms with Crippen LogP contribution < -0.4 is 37.9 Å². The van der Waals surface area contributed by atoms with Gasteiger partial charge in [0.2, 0.25) is 0 Å². The van der Waals surface area contributed by atoms with Crippen molar-refractivity contribution in [2.24, 2.45) is 0 Å². The standard InChI is InChI=1S/2C40H46O4/c2*1-5-19-41-37-27-11-9-13-29(37)24-31-15-17-33-34-18-16-32(25-30-14-10-12-28(23-27)38(30)42-20-6-2)40(44-22-8-4)36(34)26-35(33)39(31)43-21-7-3/h2*9-18H,5-8,19-26H2,1-4H3. The van der Waals surface area contributed by atoms with E-state index in [1.807, 2.05) is 0 Å². The summed E-state index contributed by atoms with van der Waals surface area (Å²) in [6, 6.07) is 44.7. The number of benzene rings is 8. The summed E-state index contributed by atoms with van der Waals surface area (Å²) in [5.41, 5.74) is 24.5. The van der Waals surface area contributed by atoms with E-state index in [2.05, 4.69) is 177 Å². The van der Waals surface area contributed by atoms with Crippen molar-refractivity contribution in [1.29, 1.82) is 0 Å². The number of para-hydroxylation sites is 4. The second-order valence-electron chi connectivity index (χ2n) is 24.1. The number of ether oxygens (including phenoxy) is 8. The van der Waals surface area contributed by atoms with Gasteiger partial charge in [0.1, 0.15) is 46.0 Å². The zero-order valence-corrected chi connectivity index (χ0v) is 53.8. The molecule has 0 radical (unpaired) electrons. The number of hydrogen-bond acceptors (Lipinski definition) is 8. The van der Waals surface area contributed by atoms with Gasteiger partial charge in [0.15, 0.2) is 0 Å². The first-order valence-corrected chi connectivity index (χ1v) is 33.4. The lowest BCUT2D eigenvalue weighted by molar-refractivity contribution is 0.305. The van der Waals surface area contributed by atoms with Gasteiger partial charge in [0, 0.05) is 73.6 Å². The van der Waals surface area contributed by atoms with Crippen LogP contribution >= 0.6 is 0 Å². The molecule has 16 bridgehead atoms. The van der Waals surface area contributed by atoms with E-state index in [0.717, 1.165) is 149 Å². The molecule has 0 unspecified atom stereocenters. The Morgan fingerprint density at radius 3 is 0.523 bits per heavy atom. The largest absolute Gasteiger partial charge is 0.493 e. The maximum atomic E-state index is 6.61. The van der Waals surface area contributed by atoms with Crippen LogP contribution in [0.15, 0.2) is 121 Å². The number of rotatable bonds is 24. The Bertz CT molecular complexity index is 3240. The maximum Gasteiger partial charge on any atom is 0.126 e. The molecule has 4 aliphatic carbocycles. The molecule has 0 aliphatic heterocycles. The van der Waals surface area contributed by atoms with E-state index >= 15 is 0 Å². The molecular formula is C80H92O8. The Labute approximate surface area is 524 Å². The predicted molar refractivity (Wildman–Crippen MR) is 358 cm³/mol. The Morgan fingerprint density at radius 2 is 0.352 bits per heavy atom. The third-order valence-electron chi connectivity index (χ3n) is 17.3. The van der Waals surface area contributed by atoms with E-state index in [4.69, 9.17) is 37.9 Å². The van der Waals surface area contributed by atoms with Crippen LogP contribution in [0.2, 0.25) is 0 Å². The average Bonchev–Trinajstić information content (AvgIpc) is 1.71. The first kappa shape index (κ1) is 61.8.